The van der Waals surface area contributed by atoms with E-state index >= 15 is 0 Å². The highest BCUT2D eigenvalue weighted by Gasteiger charge is 2.49. The number of aromatic carboxylic acids is 1. The van der Waals surface area contributed by atoms with Gasteiger partial charge in [0.15, 0.2) is 5.78 Å². The average Bonchev–Trinajstić information content (AvgIpc) is 3.26. The minimum Gasteiger partial charge on any atom is -0.478 e. The van der Waals surface area contributed by atoms with Crippen molar-refractivity contribution in [3.63, 3.8) is 0 Å². The van der Waals surface area contributed by atoms with E-state index in [4.69, 9.17) is 9.84 Å². The molecular formula is C21H21NO4. The van der Waals surface area contributed by atoms with Gasteiger partial charge in [-0.2, -0.15) is 0 Å². The highest BCUT2D eigenvalue weighted by molar-refractivity contribution is 5.96. The number of carbonyl (C=O) groups is 2. The third-order valence-corrected chi connectivity index (χ3v) is 5.67. The number of hydrogen-bond donors (Lipinski definition) is 1. The maximum Gasteiger partial charge on any atom is 0.335 e. The topological polar surface area (TPSA) is 76.5 Å². The molecule has 2 saturated heterocycles. The van der Waals surface area contributed by atoms with E-state index < -0.39 is 5.97 Å². The number of benzene rings is 1. The monoisotopic (exact) mass is 351 g/mol. The first-order valence-electron chi connectivity index (χ1n) is 9.03. The van der Waals surface area contributed by atoms with Crippen LogP contribution in [0.3, 0.4) is 0 Å². The lowest BCUT2D eigenvalue weighted by Gasteiger charge is -2.27. The molecule has 2 fully saturated rings. The molecule has 0 amide bonds. The Morgan fingerprint density at radius 1 is 1.04 bits per heavy atom. The lowest BCUT2D eigenvalue weighted by Crippen LogP contribution is -2.30. The summed E-state index contributed by atoms with van der Waals surface area (Å²) < 4.78 is 6.11. The smallest absolute Gasteiger partial charge is 0.335 e. The molecule has 0 aliphatic carbocycles. The number of ketones is 1. The van der Waals surface area contributed by atoms with Crippen molar-refractivity contribution < 1.29 is 19.4 Å². The van der Waals surface area contributed by atoms with Crippen LogP contribution in [0.2, 0.25) is 0 Å². The Kier molecular flexibility index (Phi) is 4.55. The predicted octanol–water partition coefficient (Wildman–Crippen LogP) is 3.39. The van der Waals surface area contributed by atoms with Crippen LogP contribution in [-0.2, 0) is 11.2 Å². The molecule has 134 valence electrons. The van der Waals surface area contributed by atoms with Gasteiger partial charge in [-0.15, -0.1) is 0 Å². The number of carboxylic acids is 1. The van der Waals surface area contributed by atoms with Crippen molar-refractivity contribution >= 4 is 11.8 Å². The van der Waals surface area contributed by atoms with Crippen molar-refractivity contribution in [2.75, 3.05) is 0 Å². The lowest BCUT2D eigenvalue weighted by molar-refractivity contribution is 0.0696. The van der Waals surface area contributed by atoms with Crippen molar-refractivity contribution in [2.24, 2.45) is 11.8 Å². The van der Waals surface area contributed by atoms with Crippen LogP contribution in [0.5, 0.6) is 0 Å². The van der Waals surface area contributed by atoms with E-state index in [9.17, 15) is 9.59 Å². The van der Waals surface area contributed by atoms with Gasteiger partial charge in [0.2, 0.25) is 0 Å². The summed E-state index contributed by atoms with van der Waals surface area (Å²) in [5.41, 5.74) is 2.04. The molecule has 4 rings (SSSR count). The molecule has 0 saturated carbocycles. The van der Waals surface area contributed by atoms with E-state index in [-0.39, 0.29) is 23.9 Å². The second-order valence-corrected chi connectivity index (χ2v) is 7.19. The van der Waals surface area contributed by atoms with Gasteiger partial charge in [-0.25, -0.2) is 4.79 Å². The first-order chi connectivity index (χ1) is 12.6. The molecule has 2 aliphatic heterocycles. The van der Waals surface area contributed by atoms with Gasteiger partial charge in [0, 0.05) is 24.4 Å². The third kappa shape index (κ3) is 3.27. The molecule has 5 nitrogen and oxygen atoms in total. The Hall–Kier alpha value is -2.53. The zero-order chi connectivity index (χ0) is 18.1. The number of ether oxygens (including phenoxy) is 1. The molecule has 3 heterocycles. The van der Waals surface area contributed by atoms with Crippen LogP contribution in [0, 0.1) is 11.8 Å². The van der Waals surface area contributed by atoms with Crippen LogP contribution in [0.4, 0.5) is 0 Å². The minimum atomic E-state index is -0.917. The van der Waals surface area contributed by atoms with Crippen molar-refractivity contribution in [3.05, 3.63) is 65.5 Å². The van der Waals surface area contributed by atoms with Crippen molar-refractivity contribution in [3.8, 4) is 0 Å². The van der Waals surface area contributed by atoms with E-state index in [0.29, 0.717) is 23.5 Å². The molecule has 26 heavy (non-hydrogen) atoms. The number of carboxylic acid groups (broad SMARTS) is 1. The van der Waals surface area contributed by atoms with Crippen molar-refractivity contribution in [2.45, 2.75) is 37.9 Å². The van der Waals surface area contributed by atoms with E-state index in [1.807, 2.05) is 18.2 Å². The van der Waals surface area contributed by atoms with Gasteiger partial charge in [0.05, 0.1) is 17.8 Å². The normalized spacial score (nSPS) is 26.8. The molecule has 5 heteroatoms. The van der Waals surface area contributed by atoms with Crippen LogP contribution in [0.15, 0.2) is 48.8 Å². The summed E-state index contributed by atoms with van der Waals surface area (Å²) in [6.07, 6.45) is 6.99. The van der Waals surface area contributed by atoms with Gasteiger partial charge in [-0.3, -0.25) is 9.78 Å². The molecule has 2 aromatic rings. The lowest BCUT2D eigenvalue weighted by atomic mass is 9.73. The van der Waals surface area contributed by atoms with Gasteiger partial charge in [0.1, 0.15) is 0 Å². The third-order valence-electron chi connectivity index (χ3n) is 5.67. The summed E-state index contributed by atoms with van der Waals surface area (Å²) in [7, 11) is 0. The number of fused-ring (bicyclic) bond motifs is 2. The molecule has 0 spiro atoms. The minimum absolute atomic E-state index is 0.116. The molecule has 1 aromatic heterocycles. The number of hydrogen-bond acceptors (Lipinski definition) is 4. The number of nitrogens with zero attached hydrogens (tertiary/aromatic N) is 1. The quantitative estimate of drug-likeness (QED) is 0.807. The second-order valence-electron chi connectivity index (χ2n) is 7.19. The van der Waals surface area contributed by atoms with Crippen LogP contribution in [0.1, 0.15) is 45.5 Å². The van der Waals surface area contributed by atoms with Gasteiger partial charge in [-0.1, -0.05) is 12.1 Å². The maximum atomic E-state index is 12.6. The summed E-state index contributed by atoms with van der Waals surface area (Å²) in [6.45, 7) is 0. The number of pyridine rings is 1. The zero-order valence-corrected chi connectivity index (χ0v) is 14.4. The fourth-order valence-corrected chi connectivity index (χ4v) is 4.35. The standard InChI is InChI=1S/C21H21NO4/c23-18(15-2-1-9-22-12-15)11-17-16(19-7-8-20(17)26-19)10-13-3-5-14(6-4-13)21(24)25/h1-6,9,12,16-17,19-20H,7-8,10-11H2,(H,24,25)/t16-,17+,19-,20+/m1/s1. The number of rotatable bonds is 6. The molecule has 0 unspecified atom stereocenters. The Morgan fingerprint density at radius 2 is 1.77 bits per heavy atom. The first kappa shape index (κ1) is 16.9. The average molecular weight is 351 g/mol. The van der Waals surface area contributed by atoms with Crippen LogP contribution >= 0.6 is 0 Å². The Labute approximate surface area is 152 Å². The predicted molar refractivity (Wildman–Crippen MR) is 95.2 cm³/mol. The molecule has 1 N–H and O–H groups in total. The maximum absolute atomic E-state index is 12.6. The molecule has 1 aromatic carbocycles. The highest BCUT2D eigenvalue weighted by atomic mass is 16.5. The number of Topliss-reactive ketones (excluding diaryl/α,β-unsaturated/α-hetero) is 1. The van der Waals surface area contributed by atoms with E-state index in [2.05, 4.69) is 4.98 Å². The fraction of sp³-hybridized carbons (Fsp3) is 0.381. The summed E-state index contributed by atoms with van der Waals surface area (Å²) in [5, 5.41) is 9.03. The molecule has 2 aliphatic rings. The van der Waals surface area contributed by atoms with Crippen molar-refractivity contribution in [1.82, 2.24) is 4.98 Å². The molecule has 0 radical (unpaired) electrons. The van der Waals surface area contributed by atoms with Crippen molar-refractivity contribution in [1.29, 1.82) is 0 Å². The Balaban J connectivity index is 1.49. The van der Waals surface area contributed by atoms with Crippen LogP contribution in [-0.4, -0.2) is 34.1 Å². The number of aromatic nitrogens is 1. The largest absolute Gasteiger partial charge is 0.478 e. The number of carbonyl (C=O) groups excluding carboxylic acids is 1. The fourth-order valence-electron chi connectivity index (χ4n) is 4.35. The van der Waals surface area contributed by atoms with Gasteiger partial charge in [-0.05, 0) is 60.9 Å². The Bertz CT molecular complexity index is 803. The first-order valence-corrected chi connectivity index (χ1v) is 9.03. The Morgan fingerprint density at radius 3 is 2.42 bits per heavy atom. The second kappa shape index (κ2) is 7.00. The van der Waals surface area contributed by atoms with Crippen LogP contribution in [0.25, 0.3) is 0 Å². The summed E-state index contributed by atoms with van der Waals surface area (Å²) in [6, 6.07) is 10.6. The summed E-state index contributed by atoms with van der Waals surface area (Å²) in [4.78, 5) is 27.7. The summed E-state index contributed by atoms with van der Waals surface area (Å²) in [5.74, 6) is -0.295. The highest BCUT2D eigenvalue weighted by Crippen LogP contribution is 2.46. The van der Waals surface area contributed by atoms with Gasteiger partial charge >= 0.3 is 5.97 Å². The van der Waals surface area contributed by atoms with Gasteiger partial charge < -0.3 is 9.84 Å². The molecular weight excluding hydrogens is 330 g/mol. The molecule has 4 atom stereocenters. The SMILES string of the molecule is O=C(O)c1ccc(C[C@@H]2[C@H](CC(=O)c3cccnc3)[C@@H]3CC[C@H]2O3)cc1. The van der Waals surface area contributed by atoms with E-state index in [1.165, 1.54) is 0 Å². The zero-order valence-electron chi connectivity index (χ0n) is 14.4. The van der Waals surface area contributed by atoms with E-state index in [1.54, 1.807) is 30.6 Å². The van der Waals surface area contributed by atoms with Crippen LogP contribution < -0.4 is 0 Å². The van der Waals surface area contributed by atoms with E-state index in [0.717, 1.165) is 24.8 Å². The molecule has 2 bridgehead atoms. The van der Waals surface area contributed by atoms with Gasteiger partial charge in [0.25, 0.3) is 0 Å². The summed E-state index contributed by atoms with van der Waals surface area (Å²) >= 11 is 0.